The molecule has 1 saturated heterocycles. The lowest BCUT2D eigenvalue weighted by Gasteiger charge is -2.29. The largest absolute Gasteiger partial charge is 0.479 e. The fraction of sp³-hybridized carbons (Fsp3) is 0.619. The predicted octanol–water partition coefficient (Wildman–Crippen LogP) is 2.32. The molecule has 8 nitrogen and oxygen atoms in total. The summed E-state index contributed by atoms with van der Waals surface area (Å²) in [4.78, 5) is 24.9. The monoisotopic (exact) mass is 435 g/mol. The molecule has 1 aliphatic carbocycles. The Hall–Kier alpha value is -2.13. The molecule has 3 aliphatic rings. The zero-order valence-electron chi connectivity index (χ0n) is 17.4. The Kier molecular flexibility index (Phi) is 5.76. The van der Waals surface area contributed by atoms with E-state index >= 15 is 0 Å². The predicted molar refractivity (Wildman–Crippen MR) is 112 cm³/mol. The van der Waals surface area contributed by atoms with Gasteiger partial charge in [-0.2, -0.15) is 4.31 Å². The molecule has 2 aliphatic heterocycles. The van der Waals surface area contributed by atoms with Gasteiger partial charge in [0.05, 0.1) is 10.6 Å². The number of benzene rings is 1. The van der Waals surface area contributed by atoms with Crippen molar-refractivity contribution in [1.29, 1.82) is 0 Å². The summed E-state index contributed by atoms with van der Waals surface area (Å²) < 4.78 is 33.9. The molecular formula is C21H29N3O5S. The highest BCUT2D eigenvalue weighted by Gasteiger charge is 2.41. The van der Waals surface area contributed by atoms with E-state index in [9.17, 15) is 18.0 Å². The second kappa shape index (κ2) is 8.19. The molecule has 2 amide bonds. The second-order valence-electron chi connectivity index (χ2n) is 8.48. The molecule has 0 bridgehead atoms. The molecule has 0 aromatic heterocycles. The fourth-order valence-corrected chi connectivity index (χ4v) is 6.46. The minimum Gasteiger partial charge on any atom is -0.479 e. The normalized spacial score (nSPS) is 25.3. The lowest BCUT2D eigenvalue weighted by Crippen LogP contribution is -2.49. The van der Waals surface area contributed by atoms with Crippen molar-refractivity contribution in [3.63, 3.8) is 0 Å². The number of nitrogens with zero attached hydrogens (tertiary/aromatic N) is 1. The fourth-order valence-electron chi connectivity index (χ4n) is 4.58. The first-order valence-corrected chi connectivity index (χ1v) is 12.2. The standard InChI is InChI=1S/C21H29N3O5S/c1-13-11-16-18(29-14(2)20(25)23-16)12-19(13)30(27,28)24-10-6-9-17(24)21(26)22-15-7-4-3-5-8-15/h11-12,14-15,17H,3-10H2,1-2H3,(H,22,26)(H,23,25)/t14-,17-/m1/s1. The van der Waals surface area contributed by atoms with Crippen molar-refractivity contribution in [3.8, 4) is 5.75 Å². The quantitative estimate of drug-likeness (QED) is 0.755. The molecule has 2 heterocycles. The molecule has 2 N–H and O–H groups in total. The van der Waals surface area contributed by atoms with Crippen LogP contribution in [0.4, 0.5) is 5.69 Å². The maximum atomic E-state index is 13.5. The van der Waals surface area contributed by atoms with Gasteiger partial charge in [-0.3, -0.25) is 9.59 Å². The molecule has 2 atom stereocenters. The van der Waals surface area contributed by atoms with Crippen molar-refractivity contribution in [2.24, 2.45) is 0 Å². The van der Waals surface area contributed by atoms with Gasteiger partial charge in [-0.1, -0.05) is 19.3 Å². The lowest BCUT2D eigenvalue weighted by atomic mass is 9.95. The Morgan fingerprint density at radius 1 is 1.17 bits per heavy atom. The van der Waals surface area contributed by atoms with E-state index in [0.29, 0.717) is 36.4 Å². The van der Waals surface area contributed by atoms with Crippen molar-refractivity contribution in [3.05, 3.63) is 17.7 Å². The van der Waals surface area contributed by atoms with Crippen LogP contribution in [0, 0.1) is 6.92 Å². The zero-order chi connectivity index (χ0) is 21.5. The third kappa shape index (κ3) is 3.92. The number of sulfonamides is 1. The summed E-state index contributed by atoms with van der Waals surface area (Å²) in [5, 5.41) is 5.81. The lowest BCUT2D eigenvalue weighted by molar-refractivity contribution is -0.125. The van der Waals surface area contributed by atoms with Gasteiger partial charge in [-0.05, 0) is 51.2 Å². The van der Waals surface area contributed by atoms with Gasteiger partial charge in [-0.25, -0.2) is 8.42 Å². The highest BCUT2D eigenvalue weighted by Crippen LogP contribution is 2.37. The van der Waals surface area contributed by atoms with Crippen LogP contribution in [0.5, 0.6) is 5.75 Å². The molecule has 1 aromatic rings. The number of carbonyl (C=O) groups excluding carboxylic acids is 2. The molecule has 2 fully saturated rings. The smallest absolute Gasteiger partial charge is 0.265 e. The van der Waals surface area contributed by atoms with Crippen molar-refractivity contribution in [1.82, 2.24) is 9.62 Å². The van der Waals surface area contributed by atoms with Crippen LogP contribution in [0.25, 0.3) is 0 Å². The molecule has 164 valence electrons. The molecule has 0 unspecified atom stereocenters. The number of fused-ring (bicyclic) bond motifs is 1. The van der Waals surface area contributed by atoms with Crippen LogP contribution >= 0.6 is 0 Å². The van der Waals surface area contributed by atoms with E-state index in [1.54, 1.807) is 19.9 Å². The van der Waals surface area contributed by atoms with Crippen LogP contribution in [0.15, 0.2) is 17.0 Å². The maximum absolute atomic E-state index is 13.5. The van der Waals surface area contributed by atoms with Crippen LogP contribution in [-0.2, 0) is 19.6 Å². The number of ether oxygens (including phenoxy) is 1. The van der Waals surface area contributed by atoms with Gasteiger partial charge in [0.15, 0.2) is 6.10 Å². The SMILES string of the molecule is Cc1cc2c(cc1S(=O)(=O)N1CCC[C@@H]1C(=O)NC1CCCCC1)O[C@H](C)C(=O)N2. The van der Waals surface area contributed by atoms with E-state index in [-0.39, 0.29) is 22.8 Å². The third-order valence-electron chi connectivity index (χ3n) is 6.25. The van der Waals surface area contributed by atoms with Gasteiger partial charge in [0.2, 0.25) is 15.9 Å². The summed E-state index contributed by atoms with van der Waals surface area (Å²) in [6.07, 6.45) is 5.77. The minimum absolute atomic E-state index is 0.113. The Morgan fingerprint density at radius 3 is 2.63 bits per heavy atom. The molecule has 4 rings (SSSR count). The van der Waals surface area contributed by atoms with E-state index in [1.807, 2.05) is 0 Å². The van der Waals surface area contributed by atoms with Gasteiger partial charge in [0, 0.05) is 18.7 Å². The number of amides is 2. The van der Waals surface area contributed by atoms with Gasteiger partial charge in [0.1, 0.15) is 11.8 Å². The maximum Gasteiger partial charge on any atom is 0.265 e. The van der Waals surface area contributed by atoms with E-state index in [2.05, 4.69) is 10.6 Å². The Labute approximate surface area is 177 Å². The number of rotatable bonds is 4. The summed E-state index contributed by atoms with van der Waals surface area (Å²) in [6.45, 7) is 3.61. The number of hydrogen-bond acceptors (Lipinski definition) is 5. The summed E-state index contributed by atoms with van der Waals surface area (Å²) in [7, 11) is -3.89. The molecule has 0 spiro atoms. The molecule has 0 radical (unpaired) electrons. The number of nitrogens with one attached hydrogen (secondary N) is 2. The zero-order valence-corrected chi connectivity index (χ0v) is 18.3. The van der Waals surface area contributed by atoms with E-state index in [0.717, 1.165) is 25.7 Å². The number of hydrogen-bond donors (Lipinski definition) is 2. The number of aryl methyl sites for hydroxylation is 1. The average molecular weight is 436 g/mol. The van der Waals surface area contributed by atoms with Gasteiger partial charge < -0.3 is 15.4 Å². The first kappa shape index (κ1) is 21.1. The number of anilines is 1. The van der Waals surface area contributed by atoms with E-state index in [4.69, 9.17) is 4.74 Å². The molecule has 1 aromatic carbocycles. The third-order valence-corrected chi connectivity index (χ3v) is 8.30. The Balaban J connectivity index is 1.58. The molecule has 30 heavy (non-hydrogen) atoms. The molecular weight excluding hydrogens is 406 g/mol. The summed E-state index contributed by atoms with van der Waals surface area (Å²) in [5.41, 5.74) is 0.966. The van der Waals surface area contributed by atoms with Crippen LogP contribution in [0.2, 0.25) is 0 Å². The van der Waals surface area contributed by atoms with Crippen LogP contribution in [-0.4, -0.2) is 49.3 Å². The number of carbonyl (C=O) groups is 2. The van der Waals surface area contributed by atoms with Crippen LogP contribution in [0.3, 0.4) is 0 Å². The second-order valence-corrected chi connectivity index (χ2v) is 10.3. The van der Waals surface area contributed by atoms with Crippen LogP contribution < -0.4 is 15.4 Å². The van der Waals surface area contributed by atoms with Gasteiger partial charge in [-0.15, -0.1) is 0 Å². The summed E-state index contributed by atoms with van der Waals surface area (Å²) in [6, 6.07) is 2.52. The molecule has 9 heteroatoms. The van der Waals surface area contributed by atoms with Gasteiger partial charge >= 0.3 is 0 Å². The first-order chi connectivity index (χ1) is 14.3. The van der Waals surface area contributed by atoms with Crippen molar-refractivity contribution < 1.29 is 22.7 Å². The highest BCUT2D eigenvalue weighted by molar-refractivity contribution is 7.89. The van der Waals surface area contributed by atoms with Crippen molar-refractivity contribution in [2.75, 3.05) is 11.9 Å². The van der Waals surface area contributed by atoms with Crippen molar-refractivity contribution in [2.45, 2.75) is 81.9 Å². The van der Waals surface area contributed by atoms with E-state index < -0.39 is 22.2 Å². The average Bonchev–Trinajstić information content (AvgIpc) is 3.20. The first-order valence-electron chi connectivity index (χ1n) is 10.7. The van der Waals surface area contributed by atoms with E-state index in [1.165, 1.54) is 16.8 Å². The molecule has 1 saturated carbocycles. The van der Waals surface area contributed by atoms with Crippen LogP contribution in [0.1, 0.15) is 57.4 Å². The minimum atomic E-state index is -3.89. The Morgan fingerprint density at radius 2 is 1.90 bits per heavy atom. The van der Waals surface area contributed by atoms with Crippen molar-refractivity contribution >= 4 is 27.5 Å². The summed E-state index contributed by atoms with van der Waals surface area (Å²) in [5.74, 6) is -0.138. The topological polar surface area (TPSA) is 105 Å². The summed E-state index contributed by atoms with van der Waals surface area (Å²) >= 11 is 0. The van der Waals surface area contributed by atoms with Gasteiger partial charge in [0.25, 0.3) is 5.91 Å². The highest BCUT2D eigenvalue weighted by atomic mass is 32.2. The Bertz CT molecular complexity index is 956.